The smallest absolute Gasteiger partial charge is 0.403 e. The predicted octanol–water partition coefficient (Wildman–Crippen LogP) is 4.13. The molecule has 0 aromatic carbocycles. The fourth-order valence-electron chi connectivity index (χ4n) is 3.79. The molecule has 0 aliphatic carbocycles. The van der Waals surface area contributed by atoms with Gasteiger partial charge in [0, 0.05) is 6.54 Å². The largest absolute Gasteiger partial charge is 0.457 e. The van der Waals surface area contributed by atoms with Crippen molar-refractivity contribution < 1.29 is 9.31 Å². The molecule has 2 heterocycles. The normalized spacial score (nSPS) is 34.4. The van der Waals surface area contributed by atoms with Gasteiger partial charge in [-0.2, -0.15) is 0 Å². The highest BCUT2D eigenvalue weighted by Gasteiger charge is 2.51. The maximum atomic E-state index is 6.11. The first-order valence-electron chi connectivity index (χ1n) is 8.95. The van der Waals surface area contributed by atoms with E-state index < -0.39 is 0 Å². The van der Waals surface area contributed by atoms with Crippen LogP contribution < -0.4 is 5.32 Å². The van der Waals surface area contributed by atoms with Crippen LogP contribution in [0.1, 0.15) is 68.2 Å². The first-order chi connectivity index (χ1) is 9.89. The lowest BCUT2D eigenvalue weighted by Crippen LogP contribution is -2.41. The molecule has 0 radical (unpaired) electrons. The minimum Gasteiger partial charge on any atom is -0.403 e. The molecule has 2 atom stereocenters. The maximum Gasteiger partial charge on any atom is 0.457 e. The second-order valence-electron chi connectivity index (χ2n) is 9.61. The first-order valence-corrected chi connectivity index (χ1v) is 8.95. The van der Waals surface area contributed by atoms with Gasteiger partial charge in [-0.3, -0.25) is 0 Å². The average Bonchev–Trinajstić information content (AvgIpc) is 2.78. The van der Waals surface area contributed by atoms with Crippen LogP contribution >= 0.6 is 0 Å². The molecule has 2 fully saturated rings. The van der Waals surface area contributed by atoms with Gasteiger partial charge in [0.05, 0.1) is 11.2 Å². The third kappa shape index (κ3) is 3.25. The van der Waals surface area contributed by atoms with Gasteiger partial charge in [0.15, 0.2) is 0 Å². The Morgan fingerprint density at radius 3 is 2.09 bits per heavy atom. The van der Waals surface area contributed by atoms with Crippen LogP contribution in [0.15, 0.2) is 0 Å². The molecule has 0 aromatic heterocycles. The molecule has 2 rings (SSSR count). The van der Waals surface area contributed by atoms with Crippen molar-refractivity contribution in [1.82, 2.24) is 5.32 Å². The van der Waals surface area contributed by atoms with Crippen molar-refractivity contribution in [2.45, 2.75) is 85.8 Å². The Balaban J connectivity index is 1.85. The zero-order chi connectivity index (χ0) is 16.8. The highest BCUT2D eigenvalue weighted by Crippen LogP contribution is 2.48. The minimum absolute atomic E-state index is 0.0414. The lowest BCUT2D eigenvalue weighted by molar-refractivity contribution is 0.00578. The second kappa shape index (κ2) is 5.79. The molecule has 1 N–H and O–H groups in total. The molecule has 4 heteroatoms. The summed E-state index contributed by atoms with van der Waals surface area (Å²) >= 11 is 0. The molecule has 3 nitrogen and oxygen atoms in total. The van der Waals surface area contributed by atoms with E-state index in [4.69, 9.17) is 9.31 Å². The fraction of sp³-hybridized carbons (Fsp3) is 1.00. The second-order valence-corrected chi connectivity index (χ2v) is 9.61. The SMILES string of the molecule is CC1(C)OB(CCC[C@H]2CNC[C@@]2(C)C(C)(C)C)OC1(C)C. The quantitative estimate of drug-likeness (QED) is 0.792. The average molecular weight is 309 g/mol. The number of nitrogens with one attached hydrogen (secondary N) is 1. The topological polar surface area (TPSA) is 30.5 Å². The van der Waals surface area contributed by atoms with E-state index in [-0.39, 0.29) is 18.3 Å². The van der Waals surface area contributed by atoms with Gasteiger partial charge >= 0.3 is 7.12 Å². The molecule has 0 unspecified atom stereocenters. The molecule has 22 heavy (non-hydrogen) atoms. The zero-order valence-electron chi connectivity index (χ0n) is 16.0. The van der Waals surface area contributed by atoms with Gasteiger partial charge in [-0.25, -0.2) is 0 Å². The van der Waals surface area contributed by atoms with Crippen LogP contribution in [0.5, 0.6) is 0 Å². The van der Waals surface area contributed by atoms with Crippen molar-refractivity contribution in [3.63, 3.8) is 0 Å². The van der Waals surface area contributed by atoms with Crippen LogP contribution in [0.25, 0.3) is 0 Å². The molecule has 0 aromatic rings. The van der Waals surface area contributed by atoms with Crippen molar-refractivity contribution in [1.29, 1.82) is 0 Å². The summed E-state index contributed by atoms with van der Waals surface area (Å²) < 4.78 is 12.2. The van der Waals surface area contributed by atoms with Gasteiger partial charge in [-0.05, 0) is 63.7 Å². The van der Waals surface area contributed by atoms with E-state index in [9.17, 15) is 0 Å². The summed E-state index contributed by atoms with van der Waals surface area (Å²) in [6.07, 6.45) is 3.43. The summed E-state index contributed by atoms with van der Waals surface area (Å²) in [6.45, 7) is 20.4. The Labute approximate surface area is 138 Å². The van der Waals surface area contributed by atoms with Crippen molar-refractivity contribution >= 4 is 7.12 Å². The van der Waals surface area contributed by atoms with Crippen molar-refractivity contribution in [3.05, 3.63) is 0 Å². The summed E-state index contributed by atoms with van der Waals surface area (Å²) in [5.74, 6) is 0.745. The Morgan fingerprint density at radius 2 is 1.59 bits per heavy atom. The summed E-state index contributed by atoms with van der Waals surface area (Å²) in [4.78, 5) is 0. The van der Waals surface area contributed by atoms with Gasteiger partial charge in [0.2, 0.25) is 0 Å². The fourth-order valence-corrected chi connectivity index (χ4v) is 3.79. The van der Waals surface area contributed by atoms with E-state index >= 15 is 0 Å². The number of rotatable bonds is 4. The van der Waals surface area contributed by atoms with Gasteiger partial charge in [0.25, 0.3) is 0 Å². The number of hydrogen-bond acceptors (Lipinski definition) is 3. The lowest BCUT2D eigenvalue weighted by atomic mass is 9.61. The number of hydrogen-bond donors (Lipinski definition) is 1. The van der Waals surface area contributed by atoms with Gasteiger partial charge in [-0.1, -0.05) is 34.1 Å². The minimum atomic E-state index is -0.202. The Hall–Kier alpha value is -0.0551. The molecule has 0 amide bonds. The summed E-state index contributed by atoms with van der Waals surface area (Å²) in [6, 6.07) is 0. The summed E-state index contributed by atoms with van der Waals surface area (Å²) in [5, 5.41) is 3.61. The highest BCUT2D eigenvalue weighted by atomic mass is 16.7. The van der Waals surface area contributed by atoms with Crippen LogP contribution in [0.2, 0.25) is 6.32 Å². The molecule has 128 valence electrons. The lowest BCUT2D eigenvalue weighted by Gasteiger charge is -2.43. The first kappa shape index (κ1) is 18.3. The zero-order valence-corrected chi connectivity index (χ0v) is 16.0. The monoisotopic (exact) mass is 309 g/mol. The van der Waals surface area contributed by atoms with E-state index in [1.807, 2.05) is 0 Å². The molecule has 2 aliphatic rings. The van der Waals surface area contributed by atoms with E-state index in [0.717, 1.165) is 25.3 Å². The van der Waals surface area contributed by atoms with Gasteiger partial charge in [0.1, 0.15) is 0 Å². The summed E-state index contributed by atoms with van der Waals surface area (Å²) in [5.41, 5.74) is 0.313. The van der Waals surface area contributed by atoms with Crippen molar-refractivity contribution in [3.8, 4) is 0 Å². The van der Waals surface area contributed by atoms with E-state index in [2.05, 4.69) is 60.7 Å². The van der Waals surface area contributed by atoms with E-state index in [1.54, 1.807) is 0 Å². The third-order valence-corrected chi connectivity index (χ3v) is 6.79. The van der Waals surface area contributed by atoms with Gasteiger partial charge in [-0.15, -0.1) is 0 Å². The van der Waals surface area contributed by atoms with Crippen LogP contribution in [-0.2, 0) is 9.31 Å². The summed E-state index contributed by atoms with van der Waals surface area (Å²) in [7, 11) is -0.0414. The molecule has 0 bridgehead atoms. The molecule has 0 saturated carbocycles. The van der Waals surface area contributed by atoms with E-state index in [1.165, 1.54) is 12.8 Å². The maximum absolute atomic E-state index is 6.11. The Kier molecular flexibility index (Phi) is 4.81. The standard InChI is InChI=1S/C18H36BNO2/c1-15(2,3)18(8)13-20-12-14(18)10-9-11-19-21-16(4,5)17(6,7)22-19/h14,20H,9-13H2,1-8H3/t14-,18+/m0/s1. The molecule has 2 aliphatic heterocycles. The molecule has 2 saturated heterocycles. The molecular formula is C18H36BNO2. The molecule has 0 spiro atoms. The Morgan fingerprint density at radius 1 is 1.05 bits per heavy atom. The highest BCUT2D eigenvalue weighted by molar-refractivity contribution is 6.45. The molecular weight excluding hydrogens is 273 g/mol. The van der Waals surface area contributed by atoms with Gasteiger partial charge < -0.3 is 14.6 Å². The van der Waals surface area contributed by atoms with Crippen molar-refractivity contribution in [2.24, 2.45) is 16.7 Å². The van der Waals surface area contributed by atoms with Crippen LogP contribution in [0.4, 0.5) is 0 Å². The van der Waals surface area contributed by atoms with Crippen LogP contribution in [0, 0.1) is 16.7 Å². The third-order valence-electron chi connectivity index (χ3n) is 6.79. The van der Waals surface area contributed by atoms with Crippen molar-refractivity contribution in [2.75, 3.05) is 13.1 Å². The van der Waals surface area contributed by atoms with Crippen LogP contribution in [0.3, 0.4) is 0 Å². The Bertz CT molecular complexity index is 386. The predicted molar refractivity (Wildman–Crippen MR) is 94.0 cm³/mol. The van der Waals surface area contributed by atoms with E-state index in [0.29, 0.717) is 10.8 Å². The van der Waals surface area contributed by atoms with Crippen LogP contribution in [-0.4, -0.2) is 31.4 Å².